The topological polar surface area (TPSA) is 104 Å². The molecule has 1 N–H and O–H groups in total. The van der Waals surface area contributed by atoms with Crippen LogP contribution in [0.5, 0.6) is 0 Å². The summed E-state index contributed by atoms with van der Waals surface area (Å²) >= 11 is 0. The standard InChI is InChI=1S/C17H13NO5S/c1-12-2-8-15(9-3-12)24(21,22)23-16(10-11-18)13-4-6-14(7-5-13)17(19)20/h2-10H,1H3,(H,19,20). The van der Waals surface area contributed by atoms with Gasteiger partial charge in [0.1, 0.15) is 4.90 Å². The molecule has 0 aliphatic heterocycles. The van der Waals surface area contributed by atoms with Crippen molar-refractivity contribution in [2.75, 3.05) is 0 Å². The molecule has 2 aromatic rings. The highest BCUT2D eigenvalue weighted by molar-refractivity contribution is 7.87. The summed E-state index contributed by atoms with van der Waals surface area (Å²) in [7, 11) is -4.11. The van der Waals surface area contributed by atoms with Gasteiger partial charge in [0.2, 0.25) is 0 Å². The van der Waals surface area contributed by atoms with Crippen LogP contribution in [-0.2, 0) is 14.3 Å². The monoisotopic (exact) mass is 343 g/mol. The molecule has 24 heavy (non-hydrogen) atoms. The number of nitriles is 1. The molecular weight excluding hydrogens is 330 g/mol. The molecule has 0 aliphatic rings. The summed E-state index contributed by atoms with van der Waals surface area (Å²) in [5.41, 5.74) is 1.21. The number of nitrogens with zero attached hydrogens (tertiary/aromatic N) is 1. The van der Waals surface area contributed by atoms with E-state index >= 15 is 0 Å². The minimum Gasteiger partial charge on any atom is -0.478 e. The summed E-state index contributed by atoms with van der Waals surface area (Å²) in [5, 5.41) is 17.7. The van der Waals surface area contributed by atoms with E-state index in [1.165, 1.54) is 36.4 Å². The van der Waals surface area contributed by atoms with E-state index in [0.717, 1.165) is 11.6 Å². The molecule has 0 atom stereocenters. The zero-order chi connectivity index (χ0) is 17.7. The van der Waals surface area contributed by atoms with E-state index in [9.17, 15) is 13.2 Å². The third-order valence-electron chi connectivity index (χ3n) is 3.12. The summed E-state index contributed by atoms with van der Waals surface area (Å²) in [5.74, 6) is -1.30. The lowest BCUT2D eigenvalue weighted by atomic mass is 10.1. The van der Waals surface area contributed by atoms with Gasteiger partial charge in [-0.3, -0.25) is 0 Å². The molecule has 0 spiro atoms. The Labute approximate surface area is 139 Å². The number of allylic oxidation sites excluding steroid dienone is 1. The van der Waals surface area contributed by atoms with Gasteiger partial charge in [-0.25, -0.2) is 4.79 Å². The number of benzene rings is 2. The fourth-order valence-electron chi connectivity index (χ4n) is 1.86. The molecule has 0 fully saturated rings. The van der Waals surface area contributed by atoms with Gasteiger partial charge in [0.05, 0.1) is 17.7 Å². The van der Waals surface area contributed by atoms with E-state index < -0.39 is 16.1 Å². The minimum atomic E-state index is -4.11. The van der Waals surface area contributed by atoms with Crippen LogP contribution in [-0.4, -0.2) is 19.5 Å². The first-order valence-electron chi connectivity index (χ1n) is 6.78. The number of aromatic carboxylic acids is 1. The van der Waals surface area contributed by atoms with Gasteiger partial charge in [-0.15, -0.1) is 0 Å². The normalized spacial score (nSPS) is 11.6. The van der Waals surface area contributed by atoms with Crippen LogP contribution in [0.3, 0.4) is 0 Å². The van der Waals surface area contributed by atoms with Crippen LogP contribution in [0.25, 0.3) is 5.76 Å². The predicted molar refractivity (Wildman–Crippen MR) is 86.4 cm³/mol. The highest BCUT2D eigenvalue weighted by Crippen LogP contribution is 2.23. The van der Waals surface area contributed by atoms with Crippen LogP contribution >= 0.6 is 0 Å². The molecule has 0 saturated carbocycles. The largest absolute Gasteiger partial charge is 0.478 e. The average molecular weight is 343 g/mol. The zero-order valence-corrected chi connectivity index (χ0v) is 13.4. The Morgan fingerprint density at radius 2 is 1.62 bits per heavy atom. The quantitative estimate of drug-likeness (QED) is 0.508. The molecule has 0 bridgehead atoms. The highest BCUT2D eigenvalue weighted by atomic mass is 32.2. The Hall–Kier alpha value is -3.11. The van der Waals surface area contributed by atoms with E-state index in [2.05, 4.69) is 0 Å². The van der Waals surface area contributed by atoms with Gasteiger partial charge >= 0.3 is 16.1 Å². The number of hydrogen-bond acceptors (Lipinski definition) is 5. The van der Waals surface area contributed by atoms with Gasteiger partial charge in [-0.05, 0) is 31.2 Å². The summed E-state index contributed by atoms with van der Waals surface area (Å²) in [4.78, 5) is 10.8. The van der Waals surface area contributed by atoms with Gasteiger partial charge in [0.25, 0.3) is 0 Å². The van der Waals surface area contributed by atoms with Crippen molar-refractivity contribution in [2.24, 2.45) is 0 Å². The Bertz CT molecular complexity index is 920. The molecule has 6 nitrogen and oxygen atoms in total. The van der Waals surface area contributed by atoms with Crippen molar-refractivity contribution in [3.63, 3.8) is 0 Å². The van der Waals surface area contributed by atoms with Crippen LogP contribution in [0.2, 0.25) is 0 Å². The average Bonchev–Trinajstić information content (AvgIpc) is 2.55. The van der Waals surface area contributed by atoms with Crippen molar-refractivity contribution in [1.29, 1.82) is 5.26 Å². The van der Waals surface area contributed by atoms with Crippen molar-refractivity contribution >= 4 is 21.8 Å². The molecule has 2 aromatic carbocycles. The first kappa shape index (κ1) is 17.2. The number of carboxylic acid groups (broad SMARTS) is 1. The van der Waals surface area contributed by atoms with Gasteiger partial charge in [-0.2, -0.15) is 13.7 Å². The maximum absolute atomic E-state index is 12.3. The molecule has 0 heterocycles. The lowest BCUT2D eigenvalue weighted by Crippen LogP contribution is -2.06. The number of aryl methyl sites for hydroxylation is 1. The van der Waals surface area contributed by atoms with Crippen LogP contribution < -0.4 is 0 Å². The van der Waals surface area contributed by atoms with E-state index in [4.69, 9.17) is 14.6 Å². The van der Waals surface area contributed by atoms with Crippen molar-refractivity contribution in [3.8, 4) is 6.07 Å². The van der Waals surface area contributed by atoms with Gasteiger partial charge in [-0.1, -0.05) is 29.8 Å². The molecule has 0 radical (unpaired) electrons. The number of carboxylic acids is 1. The second-order valence-corrected chi connectivity index (χ2v) is 6.42. The SMILES string of the molecule is Cc1ccc(S(=O)(=O)OC(=CC#N)c2ccc(C(=O)O)cc2)cc1. The summed E-state index contributed by atoms with van der Waals surface area (Å²) < 4.78 is 29.7. The smallest absolute Gasteiger partial charge is 0.339 e. The van der Waals surface area contributed by atoms with Gasteiger partial charge in [0, 0.05) is 5.56 Å². The van der Waals surface area contributed by atoms with Crippen LogP contribution in [0.15, 0.2) is 59.5 Å². The van der Waals surface area contributed by atoms with Crippen LogP contribution in [0, 0.1) is 18.3 Å². The fourth-order valence-corrected chi connectivity index (χ4v) is 2.81. The molecule has 0 amide bonds. The van der Waals surface area contributed by atoms with E-state index in [0.29, 0.717) is 0 Å². The minimum absolute atomic E-state index is 0.0384. The number of rotatable bonds is 5. The van der Waals surface area contributed by atoms with Gasteiger partial charge < -0.3 is 9.29 Å². The van der Waals surface area contributed by atoms with E-state index in [1.54, 1.807) is 18.2 Å². The maximum Gasteiger partial charge on any atom is 0.339 e. The first-order chi connectivity index (χ1) is 11.3. The number of carbonyl (C=O) groups is 1. The van der Waals surface area contributed by atoms with Crippen molar-refractivity contribution in [3.05, 3.63) is 71.3 Å². The Morgan fingerprint density at radius 1 is 1.08 bits per heavy atom. The Balaban J connectivity index is 2.35. The Kier molecular flexibility index (Phi) is 5.02. The lowest BCUT2D eigenvalue weighted by molar-refractivity contribution is 0.0697. The van der Waals surface area contributed by atoms with Crippen LogP contribution in [0.1, 0.15) is 21.5 Å². The van der Waals surface area contributed by atoms with Crippen LogP contribution in [0.4, 0.5) is 0 Å². The third kappa shape index (κ3) is 4.00. The lowest BCUT2D eigenvalue weighted by Gasteiger charge is -2.10. The van der Waals surface area contributed by atoms with Crippen molar-refractivity contribution in [2.45, 2.75) is 11.8 Å². The molecule has 0 saturated heterocycles. The predicted octanol–water partition coefficient (Wildman–Crippen LogP) is 2.96. The fraction of sp³-hybridized carbons (Fsp3) is 0.0588. The zero-order valence-electron chi connectivity index (χ0n) is 12.6. The van der Waals surface area contributed by atoms with E-state index in [-0.39, 0.29) is 21.8 Å². The molecule has 122 valence electrons. The van der Waals surface area contributed by atoms with Crippen molar-refractivity contribution < 1.29 is 22.5 Å². The second kappa shape index (κ2) is 6.98. The molecular formula is C17H13NO5S. The third-order valence-corrected chi connectivity index (χ3v) is 4.37. The summed E-state index contributed by atoms with van der Waals surface area (Å²) in [6, 6.07) is 13.1. The maximum atomic E-state index is 12.3. The first-order valence-corrected chi connectivity index (χ1v) is 8.19. The summed E-state index contributed by atoms with van der Waals surface area (Å²) in [6.45, 7) is 1.82. The molecule has 7 heteroatoms. The summed E-state index contributed by atoms with van der Waals surface area (Å²) in [6.07, 6.45) is 0.946. The molecule has 0 aromatic heterocycles. The number of hydrogen-bond donors (Lipinski definition) is 1. The molecule has 0 aliphatic carbocycles. The van der Waals surface area contributed by atoms with Crippen molar-refractivity contribution in [1.82, 2.24) is 0 Å². The molecule has 2 rings (SSSR count). The Morgan fingerprint density at radius 3 is 2.12 bits per heavy atom. The second-order valence-electron chi connectivity index (χ2n) is 4.87. The van der Waals surface area contributed by atoms with Gasteiger partial charge in [0.15, 0.2) is 5.76 Å². The molecule has 0 unspecified atom stereocenters. The highest BCUT2D eigenvalue weighted by Gasteiger charge is 2.19. The van der Waals surface area contributed by atoms with E-state index in [1.807, 2.05) is 6.92 Å².